The number of aromatic nitrogens is 2. The zero-order chi connectivity index (χ0) is 18.4. The first-order valence-electron chi connectivity index (χ1n) is 8.52. The minimum Gasteiger partial charge on any atom is -0.363 e. The third-order valence-corrected chi connectivity index (χ3v) is 5.42. The second kappa shape index (κ2) is 9.16. The average molecular weight is 394 g/mol. The number of piperidine rings is 1. The molecule has 0 amide bonds. The Hall–Kier alpha value is -1.90. The van der Waals surface area contributed by atoms with Gasteiger partial charge in [-0.2, -0.15) is 0 Å². The van der Waals surface area contributed by atoms with Crippen molar-refractivity contribution in [2.75, 3.05) is 31.5 Å². The Morgan fingerprint density at radius 2 is 1.92 bits per heavy atom. The van der Waals surface area contributed by atoms with Crippen molar-refractivity contribution in [1.29, 1.82) is 0 Å². The number of anilines is 1. The van der Waals surface area contributed by atoms with Crippen LogP contribution in [0.4, 0.5) is 11.5 Å². The summed E-state index contributed by atoms with van der Waals surface area (Å²) in [7, 11) is 0. The highest BCUT2D eigenvalue weighted by molar-refractivity contribution is 7.99. The molecule has 1 saturated heterocycles. The first-order valence-corrected chi connectivity index (χ1v) is 9.72. The largest absolute Gasteiger partial charge is 0.363 e. The lowest BCUT2D eigenvalue weighted by Gasteiger charge is -2.26. The van der Waals surface area contributed by atoms with E-state index in [2.05, 4.69) is 20.2 Å². The fourth-order valence-electron chi connectivity index (χ4n) is 2.86. The predicted octanol–water partition coefficient (Wildman–Crippen LogP) is 4.09. The van der Waals surface area contributed by atoms with Crippen LogP contribution in [-0.4, -0.2) is 46.0 Å². The molecule has 1 aromatic heterocycles. The fourth-order valence-corrected chi connectivity index (χ4v) is 3.85. The molecule has 2 heterocycles. The normalized spacial score (nSPS) is 15.0. The molecule has 0 saturated carbocycles. The van der Waals surface area contributed by atoms with Crippen molar-refractivity contribution in [2.45, 2.75) is 29.2 Å². The highest BCUT2D eigenvalue weighted by atomic mass is 35.5. The van der Waals surface area contributed by atoms with Crippen molar-refractivity contribution < 1.29 is 4.92 Å². The van der Waals surface area contributed by atoms with Gasteiger partial charge >= 0.3 is 5.69 Å². The zero-order valence-corrected chi connectivity index (χ0v) is 15.8. The lowest BCUT2D eigenvalue weighted by Crippen LogP contribution is -2.33. The number of nitrogens with zero attached hydrogens (tertiary/aromatic N) is 4. The molecule has 0 aliphatic carbocycles. The monoisotopic (exact) mass is 393 g/mol. The summed E-state index contributed by atoms with van der Waals surface area (Å²) in [6, 6.07) is 7.11. The molecule has 9 heteroatoms. The molecular formula is C17H20ClN5O2S. The van der Waals surface area contributed by atoms with Gasteiger partial charge in [-0.15, -0.1) is 0 Å². The Kier molecular flexibility index (Phi) is 6.65. The molecule has 1 aromatic carbocycles. The van der Waals surface area contributed by atoms with E-state index in [1.165, 1.54) is 37.4 Å². The second-order valence-electron chi connectivity index (χ2n) is 6.02. The van der Waals surface area contributed by atoms with E-state index in [0.29, 0.717) is 16.6 Å². The standard InChI is InChI=1S/C17H20ClN5O2S/c18-13-4-6-14(7-5-13)26-17-15(23(24)25)16(20-12-21-17)19-8-11-22-9-2-1-3-10-22/h4-7,12H,1-3,8-11H2,(H,19,20,21). The van der Waals surface area contributed by atoms with Crippen LogP contribution in [-0.2, 0) is 0 Å². The summed E-state index contributed by atoms with van der Waals surface area (Å²) in [6.45, 7) is 3.64. The number of halogens is 1. The summed E-state index contributed by atoms with van der Waals surface area (Å²) < 4.78 is 0. The maximum absolute atomic E-state index is 11.6. The smallest absolute Gasteiger partial charge is 0.343 e. The Bertz CT molecular complexity index is 753. The topological polar surface area (TPSA) is 84.2 Å². The number of nitro groups is 1. The molecule has 0 atom stereocenters. The number of hydrogen-bond donors (Lipinski definition) is 1. The van der Waals surface area contributed by atoms with E-state index in [1.54, 1.807) is 12.1 Å². The summed E-state index contributed by atoms with van der Waals surface area (Å²) in [5.41, 5.74) is -0.0916. The van der Waals surface area contributed by atoms with Gasteiger partial charge in [-0.25, -0.2) is 9.97 Å². The first kappa shape index (κ1) is 18.9. The summed E-state index contributed by atoms with van der Waals surface area (Å²) in [6.07, 6.45) is 5.08. The van der Waals surface area contributed by atoms with Crippen LogP contribution in [0, 0.1) is 10.1 Å². The Morgan fingerprint density at radius 1 is 1.19 bits per heavy atom. The average Bonchev–Trinajstić information content (AvgIpc) is 2.64. The third-order valence-electron chi connectivity index (χ3n) is 4.17. The van der Waals surface area contributed by atoms with Crippen molar-refractivity contribution >= 4 is 34.9 Å². The Balaban J connectivity index is 1.70. The molecule has 0 spiro atoms. The summed E-state index contributed by atoms with van der Waals surface area (Å²) >= 11 is 7.11. The van der Waals surface area contributed by atoms with Gasteiger partial charge in [0.05, 0.1) is 4.92 Å². The van der Waals surface area contributed by atoms with Crippen LogP contribution >= 0.6 is 23.4 Å². The van der Waals surface area contributed by atoms with Gasteiger partial charge in [0, 0.05) is 23.0 Å². The number of rotatable bonds is 7. The van der Waals surface area contributed by atoms with Crippen LogP contribution in [0.5, 0.6) is 0 Å². The van der Waals surface area contributed by atoms with Crippen LogP contribution < -0.4 is 5.32 Å². The van der Waals surface area contributed by atoms with Crippen LogP contribution in [0.25, 0.3) is 0 Å². The van der Waals surface area contributed by atoms with Gasteiger partial charge in [-0.3, -0.25) is 10.1 Å². The maximum atomic E-state index is 11.6. The van der Waals surface area contributed by atoms with Crippen molar-refractivity contribution in [2.24, 2.45) is 0 Å². The zero-order valence-electron chi connectivity index (χ0n) is 14.2. The molecule has 0 unspecified atom stereocenters. The van der Waals surface area contributed by atoms with Gasteiger partial charge < -0.3 is 10.2 Å². The second-order valence-corrected chi connectivity index (χ2v) is 7.52. The lowest BCUT2D eigenvalue weighted by atomic mass is 10.1. The minimum absolute atomic E-state index is 0.0916. The van der Waals surface area contributed by atoms with Gasteiger partial charge in [0.1, 0.15) is 6.33 Å². The van der Waals surface area contributed by atoms with Gasteiger partial charge in [0.25, 0.3) is 0 Å². The number of nitrogens with one attached hydrogen (secondary N) is 1. The molecule has 0 bridgehead atoms. The molecular weight excluding hydrogens is 374 g/mol. The van der Waals surface area contributed by atoms with E-state index in [1.807, 2.05) is 12.1 Å². The first-order chi connectivity index (χ1) is 12.6. The van der Waals surface area contributed by atoms with E-state index < -0.39 is 4.92 Å². The highest BCUT2D eigenvalue weighted by Crippen LogP contribution is 2.36. The van der Waals surface area contributed by atoms with E-state index in [9.17, 15) is 10.1 Å². The molecule has 3 rings (SSSR count). The van der Waals surface area contributed by atoms with Gasteiger partial charge in [-0.1, -0.05) is 29.8 Å². The molecule has 26 heavy (non-hydrogen) atoms. The van der Waals surface area contributed by atoms with Crippen LogP contribution in [0.1, 0.15) is 19.3 Å². The highest BCUT2D eigenvalue weighted by Gasteiger charge is 2.23. The maximum Gasteiger partial charge on any atom is 0.343 e. The molecule has 2 aromatic rings. The van der Waals surface area contributed by atoms with Crippen molar-refractivity contribution in [3.05, 3.63) is 45.7 Å². The molecule has 7 nitrogen and oxygen atoms in total. The van der Waals surface area contributed by atoms with E-state index >= 15 is 0 Å². The van der Waals surface area contributed by atoms with Crippen molar-refractivity contribution in [3.8, 4) is 0 Å². The summed E-state index contributed by atoms with van der Waals surface area (Å²) in [4.78, 5) is 22.5. The van der Waals surface area contributed by atoms with Crippen LogP contribution in [0.15, 0.2) is 40.5 Å². The number of likely N-dealkylation sites (tertiary alicyclic amines) is 1. The molecule has 1 N–H and O–H groups in total. The number of hydrogen-bond acceptors (Lipinski definition) is 7. The molecule has 1 aliphatic heterocycles. The SMILES string of the molecule is O=[N+]([O-])c1c(NCCN2CCCCC2)ncnc1Sc1ccc(Cl)cc1. The summed E-state index contributed by atoms with van der Waals surface area (Å²) in [5.74, 6) is 0.262. The predicted molar refractivity (Wildman–Crippen MR) is 103 cm³/mol. The third kappa shape index (κ3) is 5.06. The Labute approximate surface area is 161 Å². The van der Waals surface area contributed by atoms with E-state index in [4.69, 9.17) is 11.6 Å². The van der Waals surface area contributed by atoms with Crippen LogP contribution in [0.3, 0.4) is 0 Å². The minimum atomic E-state index is -0.429. The molecule has 0 radical (unpaired) electrons. The van der Waals surface area contributed by atoms with Gasteiger partial charge in [-0.05, 0) is 50.2 Å². The van der Waals surface area contributed by atoms with Crippen molar-refractivity contribution in [1.82, 2.24) is 14.9 Å². The number of benzene rings is 1. The molecule has 138 valence electrons. The van der Waals surface area contributed by atoms with E-state index in [0.717, 1.165) is 24.5 Å². The van der Waals surface area contributed by atoms with Crippen LogP contribution in [0.2, 0.25) is 5.02 Å². The summed E-state index contributed by atoms with van der Waals surface area (Å²) in [5, 5.41) is 15.6. The lowest BCUT2D eigenvalue weighted by molar-refractivity contribution is -0.387. The molecule has 1 aliphatic rings. The van der Waals surface area contributed by atoms with Gasteiger partial charge in [0.2, 0.25) is 5.82 Å². The van der Waals surface area contributed by atoms with Crippen molar-refractivity contribution in [3.63, 3.8) is 0 Å². The quantitative estimate of drug-likeness (QED) is 0.430. The fraction of sp³-hybridized carbons (Fsp3) is 0.412. The molecule has 1 fully saturated rings. The van der Waals surface area contributed by atoms with E-state index in [-0.39, 0.29) is 11.5 Å². The Morgan fingerprint density at radius 3 is 2.62 bits per heavy atom. The van der Waals surface area contributed by atoms with Gasteiger partial charge in [0.15, 0.2) is 5.03 Å².